The molecular formula is C8H18N2S. The molecule has 0 heterocycles. The largest absolute Gasteiger partial charge is 0.362 e. The highest BCUT2D eigenvalue weighted by Gasteiger charge is 2.10. The average Bonchev–Trinajstić information content (AvgIpc) is 1.80. The molecule has 0 fully saturated rings. The van der Waals surface area contributed by atoms with Crippen LogP contribution in [0.3, 0.4) is 0 Å². The highest BCUT2D eigenvalue weighted by molar-refractivity contribution is 7.80. The van der Waals surface area contributed by atoms with Crippen molar-refractivity contribution in [3.05, 3.63) is 0 Å². The molecular weight excluding hydrogens is 156 g/mol. The molecule has 1 N–H and O–H groups in total. The smallest absolute Gasteiger partial charge is 0.168 e. The van der Waals surface area contributed by atoms with E-state index < -0.39 is 0 Å². The van der Waals surface area contributed by atoms with Crippen molar-refractivity contribution in [2.45, 2.75) is 20.8 Å². The molecule has 0 spiro atoms. The lowest BCUT2D eigenvalue weighted by molar-refractivity contribution is 0.401. The Morgan fingerprint density at radius 2 is 1.82 bits per heavy atom. The normalized spacial score (nSPS) is 11.0. The lowest BCUT2D eigenvalue weighted by Crippen LogP contribution is -2.38. The van der Waals surface area contributed by atoms with Gasteiger partial charge < -0.3 is 10.2 Å². The number of hydrogen-bond donors (Lipinski definition) is 1. The van der Waals surface area contributed by atoms with Crippen LogP contribution in [0.1, 0.15) is 20.8 Å². The first-order valence-electron chi connectivity index (χ1n) is 3.78. The third kappa shape index (κ3) is 6.10. The zero-order valence-corrected chi connectivity index (χ0v) is 8.88. The van der Waals surface area contributed by atoms with E-state index in [2.05, 4.69) is 26.1 Å². The van der Waals surface area contributed by atoms with Crippen LogP contribution in [-0.4, -0.2) is 30.7 Å². The Morgan fingerprint density at radius 3 is 2.09 bits per heavy atom. The summed E-state index contributed by atoms with van der Waals surface area (Å²) in [5.74, 6) is 0. The van der Waals surface area contributed by atoms with Crippen LogP contribution in [0.2, 0.25) is 0 Å². The minimum absolute atomic E-state index is 0.292. The van der Waals surface area contributed by atoms with Gasteiger partial charge in [-0.25, -0.2) is 0 Å². The van der Waals surface area contributed by atoms with Crippen LogP contribution >= 0.6 is 12.2 Å². The molecule has 0 aromatic heterocycles. The Balaban J connectivity index is 3.64. The number of nitrogens with one attached hydrogen (secondary N) is 1. The Hall–Kier alpha value is -0.310. The van der Waals surface area contributed by atoms with Crippen molar-refractivity contribution < 1.29 is 0 Å². The predicted octanol–water partition coefficient (Wildman–Crippen LogP) is 1.47. The van der Waals surface area contributed by atoms with Gasteiger partial charge in [0.1, 0.15) is 0 Å². The minimum atomic E-state index is 0.292. The number of hydrogen-bond acceptors (Lipinski definition) is 1. The molecule has 0 saturated carbocycles. The molecule has 0 bridgehead atoms. The minimum Gasteiger partial charge on any atom is -0.362 e. The summed E-state index contributed by atoms with van der Waals surface area (Å²) in [4.78, 5) is 1.90. The van der Waals surface area contributed by atoms with Crippen LogP contribution in [0, 0.1) is 5.41 Å². The monoisotopic (exact) mass is 174 g/mol. The first-order valence-corrected chi connectivity index (χ1v) is 4.19. The van der Waals surface area contributed by atoms with Crippen molar-refractivity contribution in [1.29, 1.82) is 0 Å². The molecule has 0 aromatic carbocycles. The maximum Gasteiger partial charge on any atom is 0.168 e. The molecule has 0 amide bonds. The van der Waals surface area contributed by atoms with E-state index in [9.17, 15) is 0 Å². The second-order valence-electron chi connectivity index (χ2n) is 4.11. The number of rotatable bonds is 1. The van der Waals surface area contributed by atoms with Crippen LogP contribution in [0.4, 0.5) is 0 Å². The maximum atomic E-state index is 5.06. The van der Waals surface area contributed by atoms with Gasteiger partial charge in [0, 0.05) is 20.6 Å². The van der Waals surface area contributed by atoms with Crippen molar-refractivity contribution in [1.82, 2.24) is 10.2 Å². The lowest BCUT2D eigenvalue weighted by atomic mass is 9.97. The molecule has 0 aliphatic carbocycles. The van der Waals surface area contributed by atoms with Gasteiger partial charge in [-0.3, -0.25) is 0 Å². The van der Waals surface area contributed by atoms with Crippen molar-refractivity contribution in [3.8, 4) is 0 Å². The van der Waals surface area contributed by atoms with E-state index in [0.717, 1.165) is 11.7 Å². The highest BCUT2D eigenvalue weighted by atomic mass is 32.1. The summed E-state index contributed by atoms with van der Waals surface area (Å²) in [6.45, 7) is 7.46. The molecule has 0 unspecified atom stereocenters. The fourth-order valence-corrected chi connectivity index (χ4v) is 0.571. The maximum absolute atomic E-state index is 5.06. The molecule has 2 nitrogen and oxygen atoms in total. The number of nitrogens with zero attached hydrogens (tertiary/aromatic N) is 1. The fourth-order valence-electron chi connectivity index (χ4n) is 0.499. The Bertz CT molecular complexity index is 136. The third-order valence-corrected chi connectivity index (χ3v) is 1.69. The van der Waals surface area contributed by atoms with Crippen LogP contribution in [0.5, 0.6) is 0 Å². The van der Waals surface area contributed by atoms with Crippen LogP contribution in [0.25, 0.3) is 0 Å². The standard InChI is InChI=1S/C8H18N2S/c1-8(2,3)6-9-7(11)10(4)5/h6H2,1-5H3,(H,9,11). The quantitative estimate of drug-likeness (QED) is 0.606. The molecule has 0 saturated heterocycles. The summed E-state index contributed by atoms with van der Waals surface area (Å²) < 4.78 is 0. The molecule has 0 aliphatic rings. The van der Waals surface area contributed by atoms with Gasteiger partial charge in [-0.1, -0.05) is 20.8 Å². The lowest BCUT2D eigenvalue weighted by Gasteiger charge is -2.22. The fraction of sp³-hybridized carbons (Fsp3) is 0.875. The summed E-state index contributed by atoms with van der Waals surface area (Å²) in [5.41, 5.74) is 0.292. The van der Waals surface area contributed by atoms with Crippen LogP contribution in [0.15, 0.2) is 0 Å². The van der Waals surface area contributed by atoms with Gasteiger partial charge in [0.25, 0.3) is 0 Å². The van der Waals surface area contributed by atoms with Crippen molar-refractivity contribution in [2.24, 2.45) is 5.41 Å². The van der Waals surface area contributed by atoms with Gasteiger partial charge in [-0.2, -0.15) is 0 Å². The van der Waals surface area contributed by atoms with Gasteiger partial charge in [0.2, 0.25) is 0 Å². The second-order valence-corrected chi connectivity index (χ2v) is 4.50. The van der Waals surface area contributed by atoms with E-state index >= 15 is 0 Å². The molecule has 0 aromatic rings. The zero-order valence-electron chi connectivity index (χ0n) is 8.06. The predicted molar refractivity (Wildman–Crippen MR) is 53.7 cm³/mol. The van der Waals surface area contributed by atoms with E-state index in [1.165, 1.54) is 0 Å². The first-order chi connectivity index (χ1) is 4.83. The Morgan fingerprint density at radius 1 is 1.36 bits per heavy atom. The van der Waals surface area contributed by atoms with Gasteiger partial charge in [0.05, 0.1) is 0 Å². The van der Waals surface area contributed by atoms with E-state index in [4.69, 9.17) is 12.2 Å². The summed E-state index contributed by atoms with van der Waals surface area (Å²) in [6.07, 6.45) is 0. The van der Waals surface area contributed by atoms with E-state index in [-0.39, 0.29) is 0 Å². The number of thiocarbonyl (C=S) groups is 1. The third-order valence-electron chi connectivity index (χ3n) is 1.18. The highest BCUT2D eigenvalue weighted by Crippen LogP contribution is 2.10. The topological polar surface area (TPSA) is 15.3 Å². The second kappa shape index (κ2) is 3.90. The average molecular weight is 174 g/mol. The molecule has 11 heavy (non-hydrogen) atoms. The molecule has 66 valence electrons. The van der Waals surface area contributed by atoms with Crippen molar-refractivity contribution in [2.75, 3.05) is 20.6 Å². The van der Waals surface area contributed by atoms with Crippen molar-refractivity contribution >= 4 is 17.3 Å². The zero-order chi connectivity index (χ0) is 9.07. The van der Waals surface area contributed by atoms with E-state index in [0.29, 0.717) is 5.41 Å². The Labute approximate surface area is 75.0 Å². The summed E-state index contributed by atoms with van der Waals surface area (Å²) in [7, 11) is 3.88. The van der Waals surface area contributed by atoms with Gasteiger partial charge in [-0.15, -0.1) is 0 Å². The summed E-state index contributed by atoms with van der Waals surface area (Å²) >= 11 is 5.06. The summed E-state index contributed by atoms with van der Waals surface area (Å²) in [6, 6.07) is 0. The van der Waals surface area contributed by atoms with Crippen LogP contribution in [-0.2, 0) is 0 Å². The molecule has 0 rings (SSSR count). The van der Waals surface area contributed by atoms with Gasteiger partial charge in [0.15, 0.2) is 5.11 Å². The summed E-state index contributed by atoms with van der Waals surface area (Å²) in [5, 5.41) is 3.98. The van der Waals surface area contributed by atoms with Gasteiger partial charge in [-0.05, 0) is 17.6 Å². The van der Waals surface area contributed by atoms with Crippen LogP contribution < -0.4 is 5.32 Å². The molecule has 0 aliphatic heterocycles. The SMILES string of the molecule is CN(C)C(=S)NCC(C)(C)C. The Kier molecular flexibility index (Phi) is 3.79. The first kappa shape index (κ1) is 10.7. The van der Waals surface area contributed by atoms with Crippen molar-refractivity contribution in [3.63, 3.8) is 0 Å². The molecule has 3 heteroatoms. The van der Waals surface area contributed by atoms with Gasteiger partial charge >= 0.3 is 0 Å². The van der Waals surface area contributed by atoms with E-state index in [1.807, 2.05) is 19.0 Å². The molecule has 0 radical (unpaired) electrons. The molecule has 0 atom stereocenters. The van der Waals surface area contributed by atoms with E-state index in [1.54, 1.807) is 0 Å².